The maximum Gasteiger partial charge on any atom is 0.0761 e. The van der Waals surface area contributed by atoms with Crippen LogP contribution in [0.1, 0.15) is 25.0 Å². The van der Waals surface area contributed by atoms with Crippen LogP contribution < -0.4 is 4.90 Å². The highest BCUT2D eigenvalue weighted by atomic mass is 16.3. The van der Waals surface area contributed by atoms with Gasteiger partial charge in [-0.15, -0.1) is 0 Å². The van der Waals surface area contributed by atoms with Crippen molar-refractivity contribution < 1.29 is 5.11 Å². The maximum absolute atomic E-state index is 9.47. The van der Waals surface area contributed by atoms with Gasteiger partial charge in [-0.3, -0.25) is 0 Å². The van der Waals surface area contributed by atoms with E-state index in [0.717, 1.165) is 18.7 Å². The minimum atomic E-state index is -0.378. The number of anilines is 1. The van der Waals surface area contributed by atoms with Gasteiger partial charge in [-0.2, -0.15) is 0 Å². The number of aliphatic hydroxyl groups is 1. The van der Waals surface area contributed by atoms with E-state index in [1.807, 2.05) is 12.1 Å². The van der Waals surface area contributed by atoms with Crippen LogP contribution in [0.15, 0.2) is 24.3 Å². The lowest BCUT2D eigenvalue weighted by atomic mass is 10.1. The molecule has 0 saturated carbocycles. The minimum Gasteiger partial charge on any atom is -0.389 e. The molecule has 1 fully saturated rings. The Bertz CT molecular complexity index is 359. The molecule has 0 aliphatic carbocycles. The fraction of sp³-hybridized carbons (Fsp3) is 0.571. The molecule has 3 heteroatoms. The molecule has 17 heavy (non-hydrogen) atoms. The molecule has 0 radical (unpaired) electrons. The van der Waals surface area contributed by atoms with E-state index in [-0.39, 0.29) is 6.10 Å². The third kappa shape index (κ3) is 2.79. The van der Waals surface area contributed by atoms with E-state index in [9.17, 15) is 5.11 Å². The Morgan fingerprint density at radius 2 is 1.94 bits per heavy atom. The second kappa shape index (κ2) is 5.07. The first-order valence-corrected chi connectivity index (χ1v) is 6.27. The molecule has 2 atom stereocenters. The predicted octanol–water partition coefficient (Wildman–Crippen LogP) is 1.88. The van der Waals surface area contributed by atoms with E-state index >= 15 is 0 Å². The van der Waals surface area contributed by atoms with Crippen LogP contribution in [0.25, 0.3) is 0 Å². The van der Waals surface area contributed by atoms with E-state index in [4.69, 9.17) is 0 Å². The largest absolute Gasteiger partial charge is 0.389 e. The van der Waals surface area contributed by atoms with Gasteiger partial charge >= 0.3 is 0 Å². The van der Waals surface area contributed by atoms with Gasteiger partial charge in [-0.05, 0) is 45.1 Å². The van der Waals surface area contributed by atoms with Crippen molar-refractivity contribution in [2.75, 3.05) is 32.1 Å². The zero-order valence-electron chi connectivity index (χ0n) is 10.9. The Balaban J connectivity index is 2.04. The highest BCUT2D eigenvalue weighted by Gasteiger charge is 2.23. The van der Waals surface area contributed by atoms with Crippen LogP contribution in [0.4, 0.5) is 5.69 Å². The second-order valence-electron chi connectivity index (χ2n) is 5.12. The summed E-state index contributed by atoms with van der Waals surface area (Å²) in [6, 6.07) is 8.91. The van der Waals surface area contributed by atoms with Gasteiger partial charge in [0, 0.05) is 24.8 Å². The Morgan fingerprint density at radius 1 is 1.29 bits per heavy atom. The Morgan fingerprint density at radius 3 is 2.41 bits per heavy atom. The molecule has 0 bridgehead atoms. The highest BCUT2D eigenvalue weighted by Crippen LogP contribution is 2.23. The summed E-state index contributed by atoms with van der Waals surface area (Å²) in [7, 11) is 4.29. The quantitative estimate of drug-likeness (QED) is 0.865. The first-order valence-electron chi connectivity index (χ1n) is 6.27. The smallest absolute Gasteiger partial charge is 0.0761 e. The molecule has 2 rings (SSSR count). The normalized spacial score (nSPS) is 22.2. The molecule has 1 aliphatic rings. The van der Waals surface area contributed by atoms with Crippen molar-refractivity contribution >= 4 is 5.69 Å². The molecule has 94 valence electrons. The van der Waals surface area contributed by atoms with Gasteiger partial charge in [0.15, 0.2) is 0 Å². The molecule has 1 aliphatic heterocycles. The van der Waals surface area contributed by atoms with Crippen molar-refractivity contribution in [3.8, 4) is 0 Å². The van der Waals surface area contributed by atoms with E-state index in [1.54, 1.807) is 6.92 Å². The minimum absolute atomic E-state index is 0.378. The lowest BCUT2D eigenvalue weighted by Gasteiger charge is -2.22. The molecule has 0 aromatic heterocycles. The van der Waals surface area contributed by atoms with Crippen molar-refractivity contribution in [3.05, 3.63) is 29.8 Å². The van der Waals surface area contributed by atoms with Gasteiger partial charge in [-0.1, -0.05) is 12.1 Å². The van der Waals surface area contributed by atoms with Crippen molar-refractivity contribution in [1.29, 1.82) is 0 Å². The van der Waals surface area contributed by atoms with Gasteiger partial charge in [0.05, 0.1) is 6.10 Å². The summed E-state index contributed by atoms with van der Waals surface area (Å²) in [5.41, 5.74) is 2.25. The molecule has 1 N–H and O–H groups in total. The van der Waals surface area contributed by atoms with Crippen LogP contribution in [0.5, 0.6) is 0 Å². The van der Waals surface area contributed by atoms with Crippen LogP contribution >= 0.6 is 0 Å². The fourth-order valence-electron chi connectivity index (χ4n) is 2.36. The summed E-state index contributed by atoms with van der Waals surface area (Å²) < 4.78 is 0. The van der Waals surface area contributed by atoms with Gasteiger partial charge in [-0.25, -0.2) is 0 Å². The average molecular weight is 234 g/mol. The summed E-state index contributed by atoms with van der Waals surface area (Å²) >= 11 is 0. The van der Waals surface area contributed by atoms with Gasteiger partial charge < -0.3 is 14.9 Å². The summed E-state index contributed by atoms with van der Waals surface area (Å²) in [5.74, 6) is 0. The molecule has 1 aromatic carbocycles. The van der Waals surface area contributed by atoms with Crippen LogP contribution in [0, 0.1) is 0 Å². The number of hydrogen-bond acceptors (Lipinski definition) is 3. The van der Waals surface area contributed by atoms with Crippen LogP contribution in [0.3, 0.4) is 0 Å². The third-order valence-electron chi connectivity index (χ3n) is 3.63. The van der Waals surface area contributed by atoms with E-state index < -0.39 is 0 Å². The van der Waals surface area contributed by atoms with Gasteiger partial charge in [0.1, 0.15) is 0 Å². The highest BCUT2D eigenvalue weighted by molar-refractivity contribution is 5.49. The first-order chi connectivity index (χ1) is 8.08. The molecular weight excluding hydrogens is 212 g/mol. The van der Waals surface area contributed by atoms with E-state index in [2.05, 4.69) is 36.0 Å². The molecular formula is C14H22N2O. The topological polar surface area (TPSA) is 26.7 Å². The number of likely N-dealkylation sites (N-methyl/N-ethyl adjacent to an activating group) is 1. The molecule has 3 nitrogen and oxygen atoms in total. The summed E-state index contributed by atoms with van der Waals surface area (Å²) in [6.07, 6.45) is 0.850. The van der Waals surface area contributed by atoms with Crippen LogP contribution in [-0.2, 0) is 0 Å². The average Bonchev–Trinajstić information content (AvgIpc) is 2.78. The summed E-state index contributed by atoms with van der Waals surface area (Å²) in [6.45, 7) is 4.02. The van der Waals surface area contributed by atoms with Crippen molar-refractivity contribution in [2.24, 2.45) is 0 Å². The number of aliphatic hydroxyl groups excluding tert-OH is 1. The Kier molecular flexibility index (Phi) is 3.69. The van der Waals surface area contributed by atoms with E-state index in [1.165, 1.54) is 12.1 Å². The number of nitrogens with zero attached hydrogens (tertiary/aromatic N) is 2. The standard InChI is InChI=1S/C14H22N2O/c1-11(17)12-4-6-13(7-5-12)16-9-8-14(10-16)15(2)3/h4-7,11,14,17H,8-10H2,1-3H3. The number of rotatable bonds is 3. The molecule has 1 heterocycles. The SMILES string of the molecule is CC(O)c1ccc(N2CCC(N(C)C)C2)cc1. The predicted molar refractivity (Wildman–Crippen MR) is 71.4 cm³/mol. The second-order valence-corrected chi connectivity index (χ2v) is 5.12. The molecule has 0 spiro atoms. The number of hydrogen-bond donors (Lipinski definition) is 1. The molecule has 1 aromatic rings. The van der Waals surface area contributed by atoms with E-state index in [0.29, 0.717) is 6.04 Å². The summed E-state index contributed by atoms with van der Waals surface area (Å²) in [5, 5.41) is 9.47. The van der Waals surface area contributed by atoms with Crippen LogP contribution in [-0.4, -0.2) is 43.2 Å². The fourth-order valence-corrected chi connectivity index (χ4v) is 2.36. The van der Waals surface area contributed by atoms with Crippen molar-refractivity contribution in [1.82, 2.24) is 4.90 Å². The van der Waals surface area contributed by atoms with Crippen LogP contribution in [0.2, 0.25) is 0 Å². The van der Waals surface area contributed by atoms with Crippen molar-refractivity contribution in [3.63, 3.8) is 0 Å². The van der Waals surface area contributed by atoms with Crippen molar-refractivity contribution in [2.45, 2.75) is 25.5 Å². The number of benzene rings is 1. The first kappa shape index (κ1) is 12.4. The zero-order chi connectivity index (χ0) is 12.4. The lowest BCUT2D eigenvalue weighted by Crippen LogP contribution is -2.31. The Hall–Kier alpha value is -1.06. The summed E-state index contributed by atoms with van der Waals surface area (Å²) in [4.78, 5) is 4.71. The lowest BCUT2D eigenvalue weighted by molar-refractivity contribution is 0.199. The molecule has 1 saturated heterocycles. The zero-order valence-corrected chi connectivity index (χ0v) is 10.9. The van der Waals surface area contributed by atoms with Gasteiger partial charge in [0.2, 0.25) is 0 Å². The maximum atomic E-state index is 9.47. The molecule has 0 amide bonds. The molecule has 2 unspecified atom stereocenters. The monoisotopic (exact) mass is 234 g/mol. The Labute approximate surface area is 104 Å². The third-order valence-corrected chi connectivity index (χ3v) is 3.63. The van der Waals surface area contributed by atoms with Gasteiger partial charge in [0.25, 0.3) is 0 Å².